The molecule has 3 rings (SSSR count). The van der Waals surface area contributed by atoms with Crippen molar-refractivity contribution in [1.82, 2.24) is 15.1 Å². The Morgan fingerprint density at radius 3 is 2.89 bits per heavy atom. The van der Waals surface area contributed by atoms with Crippen LogP contribution in [0.1, 0.15) is 5.89 Å². The highest BCUT2D eigenvalue weighted by Gasteiger charge is 2.17. The minimum atomic E-state index is -0.183. The van der Waals surface area contributed by atoms with Gasteiger partial charge in [0.05, 0.1) is 35.3 Å². The van der Waals surface area contributed by atoms with Gasteiger partial charge in [0, 0.05) is 13.7 Å². The third-order valence-electron chi connectivity index (χ3n) is 3.68. The van der Waals surface area contributed by atoms with Crippen LogP contribution in [-0.4, -0.2) is 47.8 Å². The third kappa shape index (κ3) is 5.61. The maximum atomic E-state index is 12.4. The number of amides is 1. The Labute approximate surface area is 165 Å². The molecule has 3 aromatic rings. The van der Waals surface area contributed by atoms with Gasteiger partial charge in [-0.05, 0) is 23.6 Å². The number of benzene rings is 1. The molecule has 2 heterocycles. The standard InChI is InChI=1S/C18H19ClN4O3S/c1-25-9-8-23(11-16(24)20-14-6-3-2-5-13(14)19)12-17-21-22-18(26-17)15-7-4-10-27-15/h2-7,10H,8-9,11-12H2,1H3,(H,20,24). The Bertz CT molecular complexity index is 869. The number of anilines is 1. The molecule has 9 heteroatoms. The molecule has 0 saturated carbocycles. The number of carbonyl (C=O) groups is 1. The predicted octanol–water partition coefficient (Wildman–Crippen LogP) is 3.54. The lowest BCUT2D eigenvalue weighted by Crippen LogP contribution is -2.35. The van der Waals surface area contributed by atoms with E-state index in [1.807, 2.05) is 34.5 Å². The van der Waals surface area contributed by atoms with E-state index in [1.165, 1.54) is 11.3 Å². The summed E-state index contributed by atoms with van der Waals surface area (Å²) in [5, 5.41) is 13.4. The molecule has 0 atom stereocenters. The van der Waals surface area contributed by atoms with Crippen LogP contribution in [0, 0.1) is 0 Å². The lowest BCUT2D eigenvalue weighted by molar-refractivity contribution is -0.117. The molecular formula is C18H19ClN4O3S. The van der Waals surface area contributed by atoms with Crippen molar-refractivity contribution in [3.05, 3.63) is 52.7 Å². The van der Waals surface area contributed by atoms with Crippen LogP contribution in [-0.2, 0) is 16.1 Å². The van der Waals surface area contributed by atoms with Crippen molar-refractivity contribution >= 4 is 34.5 Å². The van der Waals surface area contributed by atoms with Gasteiger partial charge < -0.3 is 14.5 Å². The number of para-hydroxylation sites is 1. The zero-order valence-electron chi connectivity index (χ0n) is 14.7. The first-order chi connectivity index (χ1) is 13.2. The van der Waals surface area contributed by atoms with Gasteiger partial charge in [0.2, 0.25) is 11.8 Å². The van der Waals surface area contributed by atoms with Crippen molar-refractivity contribution in [2.75, 3.05) is 32.1 Å². The molecule has 1 aromatic carbocycles. The summed E-state index contributed by atoms with van der Waals surface area (Å²) < 4.78 is 10.8. The van der Waals surface area contributed by atoms with Gasteiger partial charge in [0.15, 0.2) is 0 Å². The minimum Gasteiger partial charge on any atom is -0.419 e. The fourth-order valence-electron chi connectivity index (χ4n) is 2.40. The molecule has 7 nitrogen and oxygen atoms in total. The second-order valence-electron chi connectivity index (χ2n) is 5.71. The van der Waals surface area contributed by atoms with E-state index in [4.69, 9.17) is 20.8 Å². The lowest BCUT2D eigenvalue weighted by Gasteiger charge is -2.19. The van der Waals surface area contributed by atoms with Crippen molar-refractivity contribution in [2.24, 2.45) is 0 Å². The molecule has 0 fully saturated rings. The van der Waals surface area contributed by atoms with Gasteiger partial charge in [-0.1, -0.05) is 29.8 Å². The summed E-state index contributed by atoms with van der Waals surface area (Å²) in [6, 6.07) is 10.9. The van der Waals surface area contributed by atoms with E-state index in [0.717, 1.165) is 4.88 Å². The molecule has 0 aliphatic carbocycles. The van der Waals surface area contributed by atoms with Crippen molar-refractivity contribution < 1.29 is 13.9 Å². The topological polar surface area (TPSA) is 80.5 Å². The Kier molecular flexibility index (Phi) is 6.94. The molecule has 0 aliphatic rings. The minimum absolute atomic E-state index is 0.144. The fraction of sp³-hybridized carbons (Fsp3) is 0.278. The summed E-state index contributed by atoms with van der Waals surface area (Å²) >= 11 is 7.62. The number of nitrogens with one attached hydrogen (secondary N) is 1. The van der Waals surface area contributed by atoms with E-state index in [9.17, 15) is 4.79 Å². The summed E-state index contributed by atoms with van der Waals surface area (Å²) in [7, 11) is 1.61. The van der Waals surface area contributed by atoms with E-state index in [2.05, 4.69) is 15.5 Å². The van der Waals surface area contributed by atoms with Gasteiger partial charge in [-0.25, -0.2) is 0 Å². The number of hydrogen-bond acceptors (Lipinski definition) is 7. The molecule has 0 unspecified atom stereocenters. The number of carbonyl (C=O) groups excluding carboxylic acids is 1. The van der Waals surface area contributed by atoms with Gasteiger partial charge in [-0.3, -0.25) is 9.69 Å². The Morgan fingerprint density at radius 2 is 2.15 bits per heavy atom. The van der Waals surface area contributed by atoms with Crippen LogP contribution in [0.2, 0.25) is 5.02 Å². The number of halogens is 1. The second-order valence-corrected chi connectivity index (χ2v) is 7.06. The Hall–Kier alpha value is -2.26. The lowest BCUT2D eigenvalue weighted by atomic mass is 10.3. The highest BCUT2D eigenvalue weighted by atomic mass is 35.5. The first-order valence-electron chi connectivity index (χ1n) is 8.27. The number of hydrogen-bond donors (Lipinski definition) is 1. The SMILES string of the molecule is COCCN(CC(=O)Nc1ccccc1Cl)Cc1nnc(-c2cccs2)o1. The van der Waals surface area contributed by atoms with Crippen LogP contribution >= 0.6 is 22.9 Å². The molecule has 2 aromatic heterocycles. The quantitative estimate of drug-likeness (QED) is 0.585. The normalized spacial score (nSPS) is 11.1. The molecule has 0 radical (unpaired) electrons. The van der Waals surface area contributed by atoms with Gasteiger partial charge in [0.1, 0.15) is 0 Å². The second kappa shape index (κ2) is 9.61. The van der Waals surface area contributed by atoms with Gasteiger partial charge in [-0.2, -0.15) is 0 Å². The monoisotopic (exact) mass is 406 g/mol. The van der Waals surface area contributed by atoms with Gasteiger partial charge in [-0.15, -0.1) is 21.5 Å². The molecular weight excluding hydrogens is 388 g/mol. The summed E-state index contributed by atoms with van der Waals surface area (Å²) in [4.78, 5) is 15.2. The van der Waals surface area contributed by atoms with E-state index < -0.39 is 0 Å². The first kappa shape index (κ1) is 19.5. The van der Waals surface area contributed by atoms with E-state index in [1.54, 1.807) is 19.2 Å². The Morgan fingerprint density at radius 1 is 1.30 bits per heavy atom. The highest BCUT2D eigenvalue weighted by molar-refractivity contribution is 7.13. The van der Waals surface area contributed by atoms with E-state index >= 15 is 0 Å². The summed E-state index contributed by atoms with van der Waals surface area (Å²) in [5.74, 6) is 0.740. The van der Waals surface area contributed by atoms with Gasteiger partial charge >= 0.3 is 0 Å². The molecule has 0 bridgehead atoms. The van der Waals surface area contributed by atoms with E-state index in [-0.39, 0.29) is 12.5 Å². The number of ether oxygens (including phenoxy) is 1. The molecule has 0 spiro atoms. The largest absolute Gasteiger partial charge is 0.419 e. The highest BCUT2D eigenvalue weighted by Crippen LogP contribution is 2.23. The zero-order valence-corrected chi connectivity index (χ0v) is 16.3. The average Bonchev–Trinajstić information content (AvgIpc) is 3.33. The van der Waals surface area contributed by atoms with Crippen LogP contribution in [0.4, 0.5) is 5.69 Å². The number of rotatable bonds is 9. The van der Waals surface area contributed by atoms with Crippen molar-refractivity contribution in [3.63, 3.8) is 0 Å². The number of nitrogens with zero attached hydrogens (tertiary/aromatic N) is 3. The smallest absolute Gasteiger partial charge is 0.257 e. The van der Waals surface area contributed by atoms with Crippen molar-refractivity contribution in [2.45, 2.75) is 6.54 Å². The summed E-state index contributed by atoms with van der Waals surface area (Å²) in [6.07, 6.45) is 0. The summed E-state index contributed by atoms with van der Waals surface area (Å²) in [6.45, 7) is 1.51. The molecule has 0 aliphatic heterocycles. The van der Waals surface area contributed by atoms with Crippen LogP contribution in [0.15, 0.2) is 46.2 Å². The predicted molar refractivity (Wildman–Crippen MR) is 105 cm³/mol. The molecule has 0 saturated heterocycles. The van der Waals surface area contributed by atoms with Crippen molar-refractivity contribution in [1.29, 1.82) is 0 Å². The third-order valence-corrected chi connectivity index (χ3v) is 4.87. The maximum Gasteiger partial charge on any atom is 0.257 e. The van der Waals surface area contributed by atoms with Crippen LogP contribution in [0.25, 0.3) is 10.8 Å². The van der Waals surface area contributed by atoms with Crippen molar-refractivity contribution in [3.8, 4) is 10.8 Å². The van der Waals surface area contributed by atoms with E-state index in [0.29, 0.717) is 42.2 Å². The number of thiophene rings is 1. The summed E-state index contributed by atoms with van der Waals surface area (Å²) in [5.41, 5.74) is 0.577. The van der Waals surface area contributed by atoms with Crippen LogP contribution in [0.5, 0.6) is 0 Å². The number of aromatic nitrogens is 2. The molecule has 142 valence electrons. The van der Waals surface area contributed by atoms with Crippen LogP contribution in [0.3, 0.4) is 0 Å². The first-order valence-corrected chi connectivity index (χ1v) is 9.53. The fourth-order valence-corrected chi connectivity index (χ4v) is 3.23. The molecule has 27 heavy (non-hydrogen) atoms. The number of methoxy groups -OCH3 is 1. The molecule has 1 amide bonds. The Balaban J connectivity index is 1.63. The average molecular weight is 407 g/mol. The zero-order chi connectivity index (χ0) is 19.1. The van der Waals surface area contributed by atoms with Gasteiger partial charge in [0.25, 0.3) is 5.89 Å². The molecule has 1 N–H and O–H groups in total. The maximum absolute atomic E-state index is 12.4. The van der Waals surface area contributed by atoms with Crippen LogP contribution < -0.4 is 5.32 Å².